The highest BCUT2D eigenvalue weighted by Crippen LogP contribution is 2.26. The molecule has 0 heterocycles. The number of hydrogen-bond acceptors (Lipinski definition) is 5. The summed E-state index contributed by atoms with van der Waals surface area (Å²) in [5.41, 5.74) is 6.31. The van der Waals surface area contributed by atoms with Gasteiger partial charge in [0.05, 0.1) is 19.2 Å². The number of nitrogen functional groups attached to an aromatic ring is 1. The molecule has 0 unspecified atom stereocenters. The Kier molecular flexibility index (Phi) is 5.83. The minimum absolute atomic E-state index is 0.00927. The van der Waals surface area contributed by atoms with Crippen LogP contribution in [0.3, 0.4) is 0 Å². The molecule has 0 aromatic heterocycles. The van der Waals surface area contributed by atoms with Crippen molar-refractivity contribution >= 4 is 17.6 Å². The minimum Gasteiger partial charge on any atom is -0.494 e. The first-order valence-electron chi connectivity index (χ1n) is 6.34. The third-order valence-electron chi connectivity index (χ3n) is 2.48. The van der Waals surface area contributed by atoms with Crippen LogP contribution in [0.2, 0.25) is 0 Å². The summed E-state index contributed by atoms with van der Waals surface area (Å²) < 4.78 is 10.1. The molecule has 0 aliphatic heterocycles. The van der Waals surface area contributed by atoms with Gasteiger partial charge in [-0.3, -0.25) is 4.79 Å². The summed E-state index contributed by atoms with van der Waals surface area (Å²) in [4.78, 5) is 23.3. The number of carbonyl (C=O) groups excluding carboxylic acids is 2. The van der Waals surface area contributed by atoms with Gasteiger partial charge in [-0.25, -0.2) is 4.79 Å². The number of esters is 1. The van der Waals surface area contributed by atoms with Gasteiger partial charge in [-0.1, -0.05) is 6.07 Å². The topological polar surface area (TPSA) is 90.7 Å². The number of ether oxygens (including phenoxy) is 2. The Labute approximate surface area is 118 Å². The number of nitrogens with one attached hydrogen (secondary N) is 1. The van der Waals surface area contributed by atoms with Crippen LogP contribution in [0.15, 0.2) is 18.2 Å². The number of rotatable bonds is 6. The van der Waals surface area contributed by atoms with Crippen molar-refractivity contribution in [3.63, 3.8) is 0 Å². The highest BCUT2D eigenvalue weighted by atomic mass is 16.5. The molecular formula is C14H20N2O4. The average Bonchev–Trinajstić information content (AvgIpc) is 2.37. The van der Waals surface area contributed by atoms with E-state index in [1.165, 1.54) is 7.11 Å². The normalized spacial score (nSPS) is 10.2. The van der Waals surface area contributed by atoms with Gasteiger partial charge >= 0.3 is 5.97 Å². The van der Waals surface area contributed by atoms with Gasteiger partial charge in [-0.05, 0) is 26.0 Å². The van der Waals surface area contributed by atoms with E-state index in [9.17, 15) is 9.59 Å². The first kappa shape index (κ1) is 15.8. The van der Waals surface area contributed by atoms with Crippen LogP contribution in [0.1, 0.15) is 30.6 Å². The van der Waals surface area contributed by atoms with Crippen LogP contribution in [0.4, 0.5) is 5.69 Å². The van der Waals surface area contributed by atoms with E-state index in [1.807, 2.05) is 13.8 Å². The Bertz CT molecular complexity index is 486. The average molecular weight is 280 g/mol. The van der Waals surface area contributed by atoms with Crippen LogP contribution in [0.25, 0.3) is 0 Å². The number of anilines is 1. The highest BCUT2D eigenvalue weighted by molar-refractivity contribution is 5.94. The molecule has 1 aromatic rings. The van der Waals surface area contributed by atoms with Gasteiger partial charge in [0.1, 0.15) is 12.2 Å². The second kappa shape index (κ2) is 7.37. The lowest BCUT2D eigenvalue weighted by atomic mass is 10.2. The fourth-order valence-corrected chi connectivity index (χ4v) is 1.65. The maximum absolute atomic E-state index is 11.9. The lowest BCUT2D eigenvalue weighted by Crippen LogP contribution is -2.31. The van der Waals surface area contributed by atoms with Gasteiger partial charge in [-0.2, -0.15) is 0 Å². The number of amides is 1. The van der Waals surface area contributed by atoms with E-state index in [0.717, 1.165) is 0 Å². The number of nitrogens with two attached hydrogens (primary N) is 1. The van der Waals surface area contributed by atoms with Crippen LogP contribution >= 0.6 is 0 Å². The van der Waals surface area contributed by atoms with Gasteiger partial charge in [0, 0.05) is 6.04 Å². The lowest BCUT2D eigenvalue weighted by Gasteiger charge is -2.11. The van der Waals surface area contributed by atoms with Crippen molar-refractivity contribution in [1.29, 1.82) is 0 Å². The van der Waals surface area contributed by atoms with Crippen LogP contribution in [0, 0.1) is 0 Å². The molecule has 0 spiro atoms. The number of para-hydroxylation sites is 1. The molecule has 0 radical (unpaired) electrons. The Balaban J connectivity index is 2.56. The molecule has 0 aliphatic rings. The molecule has 110 valence electrons. The molecule has 20 heavy (non-hydrogen) atoms. The third kappa shape index (κ3) is 4.46. The monoisotopic (exact) mass is 280 g/mol. The second-order valence-electron chi connectivity index (χ2n) is 4.54. The molecule has 3 N–H and O–H groups in total. The summed E-state index contributed by atoms with van der Waals surface area (Å²) in [5.74, 6) is -0.442. The van der Waals surface area contributed by atoms with Crippen LogP contribution < -0.4 is 15.8 Å². The van der Waals surface area contributed by atoms with Crippen molar-refractivity contribution in [3.8, 4) is 5.75 Å². The first-order chi connectivity index (χ1) is 9.45. The number of benzene rings is 1. The molecule has 6 heteroatoms. The third-order valence-corrected chi connectivity index (χ3v) is 2.48. The zero-order valence-corrected chi connectivity index (χ0v) is 11.9. The minimum atomic E-state index is -0.563. The van der Waals surface area contributed by atoms with E-state index in [2.05, 4.69) is 5.32 Å². The highest BCUT2D eigenvalue weighted by Gasteiger charge is 2.16. The summed E-state index contributed by atoms with van der Waals surface area (Å²) in [6.45, 7) is 3.73. The molecule has 0 atom stereocenters. The maximum atomic E-state index is 11.9. The van der Waals surface area contributed by atoms with E-state index in [4.69, 9.17) is 15.2 Å². The standard InChI is InChI=1S/C14H20N2O4/c1-9(2)16-12(17)7-8-20-14(18)10-5-4-6-11(15)13(10)19-3/h4-6,9H,7-8,15H2,1-3H3,(H,16,17). The molecule has 6 nitrogen and oxygen atoms in total. The van der Waals surface area contributed by atoms with Gasteiger partial charge < -0.3 is 20.5 Å². The van der Waals surface area contributed by atoms with Crippen molar-refractivity contribution < 1.29 is 19.1 Å². The molecule has 0 saturated heterocycles. The molecule has 1 amide bonds. The fourth-order valence-electron chi connectivity index (χ4n) is 1.65. The quantitative estimate of drug-likeness (QED) is 0.606. The van der Waals surface area contributed by atoms with Crippen molar-refractivity contribution in [1.82, 2.24) is 5.32 Å². The molecule has 0 bridgehead atoms. The summed E-state index contributed by atoms with van der Waals surface area (Å²) in [6.07, 6.45) is 0.120. The first-order valence-corrected chi connectivity index (χ1v) is 6.34. The maximum Gasteiger partial charge on any atom is 0.342 e. The number of methoxy groups -OCH3 is 1. The molecular weight excluding hydrogens is 260 g/mol. The SMILES string of the molecule is COc1c(N)cccc1C(=O)OCCC(=O)NC(C)C. The van der Waals surface area contributed by atoms with Crippen LogP contribution in [-0.2, 0) is 9.53 Å². The van der Waals surface area contributed by atoms with E-state index < -0.39 is 5.97 Å². The zero-order chi connectivity index (χ0) is 15.1. The largest absolute Gasteiger partial charge is 0.494 e. The molecule has 1 aromatic carbocycles. The van der Waals surface area contributed by atoms with E-state index in [0.29, 0.717) is 5.69 Å². The molecule has 1 rings (SSSR count). The van der Waals surface area contributed by atoms with Gasteiger partial charge in [0.15, 0.2) is 5.75 Å². The molecule has 0 fully saturated rings. The molecule has 0 saturated carbocycles. The van der Waals surface area contributed by atoms with E-state index in [-0.39, 0.29) is 36.3 Å². The van der Waals surface area contributed by atoms with Crippen molar-refractivity contribution in [3.05, 3.63) is 23.8 Å². The van der Waals surface area contributed by atoms with Gasteiger partial charge in [0.25, 0.3) is 0 Å². The van der Waals surface area contributed by atoms with Crippen molar-refractivity contribution in [2.75, 3.05) is 19.5 Å². The van der Waals surface area contributed by atoms with E-state index in [1.54, 1.807) is 18.2 Å². The molecule has 0 aliphatic carbocycles. The Morgan fingerprint density at radius 2 is 2.05 bits per heavy atom. The lowest BCUT2D eigenvalue weighted by molar-refractivity contribution is -0.122. The van der Waals surface area contributed by atoms with Crippen LogP contribution in [0.5, 0.6) is 5.75 Å². The second-order valence-corrected chi connectivity index (χ2v) is 4.54. The summed E-state index contributed by atoms with van der Waals surface area (Å²) in [7, 11) is 1.43. The van der Waals surface area contributed by atoms with Crippen LogP contribution in [-0.4, -0.2) is 31.6 Å². The summed E-state index contributed by atoms with van der Waals surface area (Å²) >= 11 is 0. The van der Waals surface area contributed by atoms with Gasteiger partial charge in [-0.15, -0.1) is 0 Å². The predicted molar refractivity (Wildman–Crippen MR) is 75.6 cm³/mol. The van der Waals surface area contributed by atoms with Crippen molar-refractivity contribution in [2.45, 2.75) is 26.3 Å². The number of hydrogen-bond donors (Lipinski definition) is 2. The zero-order valence-electron chi connectivity index (χ0n) is 11.9. The number of carbonyl (C=O) groups is 2. The summed E-state index contributed by atoms with van der Waals surface area (Å²) in [6, 6.07) is 4.89. The fraction of sp³-hybridized carbons (Fsp3) is 0.429. The van der Waals surface area contributed by atoms with E-state index >= 15 is 0 Å². The van der Waals surface area contributed by atoms with Crippen molar-refractivity contribution in [2.24, 2.45) is 0 Å². The Morgan fingerprint density at radius 1 is 1.35 bits per heavy atom. The smallest absolute Gasteiger partial charge is 0.342 e. The summed E-state index contributed by atoms with van der Waals surface area (Å²) in [5, 5.41) is 2.71. The Morgan fingerprint density at radius 3 is 2.65 bits per heavy atom. The van der Waals surface area contributed by atoms with Gasteiger partial charge in [0.2, 0.25) is 5.91 Å². The Hall–Kier alpha value is -2.24. The predicted octanol–water partition coefficient (Wildman–Crippen LogP) is 1.35.